The molecule has 4 rings (SSSR count). The van der Waals surface area contributed by atoms with E-state index in [9.17, 15) is 9.59 Å². The number of halogens is 1. The summed E-state index contributed by atoms with van der Waals surface area (Å²) in [6.07, 6.45) is 1.42. The second-order valence-electron chi connectivity index (χ2n) is 6.92. The summed E-state index contributed by atoms with van der Waals surface area (Å²) < 4.78 is 5.77. The van der Waals surface area contributed by atoms with Gasteiger partial charge < -0.3 is 4.74 Å². The number of hydrogen-bond donors (Lipinski definition) is 2. The van der Waals surface area contributed by atoms with E-state index in [-0.39, 0.29) is 5.13 Å². The molecule has 0 atom stereocenters. The van der Waals surface area contributed by atoms with E-state index in [4.69, 9.17) is 16.3 Å². The number of carbonyl (C=O) groups excluding carboxylic acids is 2. The zero-order valence-electron chi connectivity index (χ0n) is 17.6. The number of hydrogen-bond acceptors (Lipinski definition) is 7. The van der Waals surface area contributed by atoms with E-state index >= 15 is 0 Å². The fourth-order valence-corrected chi connectivity index (χ4v) is 3.64. The lowest BCUT2D eigenvalue weighted by molar-refractivity contribution is -0.136. The zero-order valence-corrected chi connectivity index (χ0v) is 19.2. The second kappa shape index (κ2) is 11.2. The van der Waals surface area contributed by atoms with Gasteiger partial charge in [-0.15, -0.1) is 10.2 Å². The van der Waals surface area contributed by atoms with Gasteiger partial charge in [0.05, 0.1) is 6.21 Å². The summed E-state index contributed by atoms with van der Waals surface area (Å²) in [5.41, 5.74) is 4.73. The first-order valence-electron chi connectivity index (χ1n) is 10.1. The van der Waals surface area contributed by atoms with Crippen LogP contribution in [0.25, 0.3) is 10.6 Å². The Hall–Kier alpha value is -4.08. The summed E-state index contributed by atoms with van der Waals surface area (Å²) in [7, 11) is 0. The number of nitrogens with one attached hydrogen (secondary N) is 2. The lowest BCUT2D eigenvalue weighted by atomic mass is 10.2. The van der Waals surface area contributed by atoms with Gasteiger partial charge >= 0.3 is 11.8 Å². The summed E-state index contributed by atoms with van der Waals surface area (Å²) in [6.45, 7) is 0.381. The Morgan fingerprint density at radius 3 is 2.56 bits per heavy atom. The number of amides is 2. The fourth-order valence-electron chi connectivity index (χ4n) is 2.77. The molecule has 0 saturated carbocycles. The number of ether oxygens (including phenoxy) is 1. The number of anilines is 1. The molecule has 0 unspecified atom stereocenters. The third-order valence-corrected chi connectivity index (χ3v) is 5.57. The van der Waals surface area contributed by atoms with Gasteiger partial charge in [-0.1, -0.05) is 77.5 Å². The van der Waals surface area contributed by atoms with E-state index in [1.165, 1.54) is 6.21 Å². The Labute approximate surface area is 204 Å². The predicted molar refractivity (Wildman–Crippen MR) is 132 cm³/mol. The highest BCUT2D eigenvalue weighted by Gasteiger charge is 2.16. The molecule has 0 spiro atoms. The maximum Gasteiger partial charge on any atom is 0.329 e. The van der Waals surface area contributed by atoms with Crippen LogP contribution in [0.5, 0.6) is 5.75 Å². The number of hydrazone groups is 1. The van der Waals surface area contributed by atoms with Crippen molar-refractivity contribution in [3.05, 3.63) is 95.0 Å². The van der Waals surface area contributed by atoms with Crippen molar-refractivity contribution in [2.75, 3.05) is 5.32 Å². The fraction of sp³-hybridized carbons (Fsp3) is 0.0417. The molecule has 0 radical (unpaired) electrons. The van der Waals surface area contributed by atoms with Crippen molar-refractivity contribution < 1.29 is 14.3 Å². The summed E-state index contributed by atoms with van der Waals surface area (Å²) in [6, 6.07) is 23.9. The summed E-state index contributed by atoms with van der Waals surface area (Å²) in [5.74, 6) is -1.19. The third kappa shape index (κ3) is 6.47. The highest BCUT2D eigenvalue weighted by molar-refractivity contribution is 7.18. The maximum absolute atomic E-state index is 12.1. The molecule has 4 aromatic rings. The molecule has 3 aromatic carbocycles. The molecule has 34 heavy (non-hydrogen) atoms. The van der Waals surface area contributed by atoms with Crippen molar-refractivity contribution >= 4 is 46.1 Å². The van der Waals surface area contributed by atoms with Gasteiger partial charge in [0.2, 0.25) is 5.13 Å². The van der Waals surface area contributed by atoms with Crippen molar-refractivity contribution in [3.63, 3.8) is 0 Å². The quantitative estimate of drug-likeness (QED) is 0.224. The first kappa shape index (κ1) is 23.1. The lowest BCUT2D eigenvalue weighted by Crippen LogP contribution is -2.32. The largest absolute Gasteiger partial charge is 0.489 e. The normalized spacial score (nSPS) is 10.7. The van der Waals surface area contributed by atoms with Crippen LogP contribution in [0, 0.1) is 0 Å². The van der Waals surface area contributed by atoms with Crippen LogP contribution in [0.4, 0.5) is 5.13 Å². The van der Waals surface area contributed by atoms with E-state index in [1.54, 1.807) is 30.3 Å². The van der Waals surface area contributed by atoms with Gasteiger partial charge in [0.25, 0.3) is 0 Å². The van der Waals surface area contributed by atoms with Crippen molar-refractivity contribution in [1.29, 1.82) is 0 Å². The Kier molecular flexibility index (Phi) is 7.59. The van der Waals surface area contributed by atoms with Crippen LogP contribution >= 0.6 is 22.9 Å². The van der Waals surface area contributed by atoms with Gasteiger partial charge in [-0.25, -0.2) is 5.43 Å². The molecule has 8 nitrogen and oxygen atoms in total. The SMILES string of the molecule is O=C(N/N=C\c1cccc(OCc2ccc(Cl)cc2)c1)C(=O)Nc1nnc(-c2ccccc2)s1. The monoisotopic (exact) mass is 491 g/mol. The minimum Gasteiger partial charge on any atom is -0.489 e. The van der Waals surface area contributed by atoms with E-state index in [0.717, 1.165) is 22.5 Å². The van der Waals surface area contributed by atoms with Crippen molar-refractivity contribution in [2.45, 2.75) is 6.61 Å². The predicted octanol–water partition coefficient (Wildman–Crippen LogP) is 4.53. The molecular formula is C24H18ClN5O3S. The van der Waals surface area contributed by atoms with E-state index in [1.807, 2.05) is 48.5 Å². The molecule has 10 heteroatoms. The van der Waals surface area contributed by atoms with Crippen molar-refractivity contribution in [3.8, 4) is 16.3 Å². The smallest absolute Gasteiger partial charge is 0.329 e. The molecular weight excluding hydrogens is 474 g/mol. The van der Waals surface area contributed by atoms with Gasteiger partial charge in [-0.05, 0) is 35.4 Å². The lowest BCUT2D eigenvalue weighted by Gasteiger charge is -2.07. The molecule has 0 aliphatic heterocycles. The number of rotatable bonds is 7. The minimum atomic E-state index is -0.928. The molecule has 0 fully saturated rings. The van der Waals surface area contributed by atoms with Crippen LogP contribution in [0.1, 0.15) is 11.1 Å². The van der Waals surface area contributed by atoms with Crippen molar-refractivity contribution in [1.82, 2.24) is 15.6 Å². The van der Waals surface area contributed by atoms with E-state index in [0.29, 0.717) is 28.0 Å². The van der Waals surface area contributed by atoms with E-state index < -0.39 is 11.8 Å². The molecule has 0 aliphatic carbocycles. The van der Waals surface area contributed by atoms with Gasteiger partial charge in [0, 0.05) is 10.6 Å². The van der Waals surface area contributed by atoms with Crippen LogP contribution in [-0.4, -0.2) is 28.2 Å². The van der Waals surface area contributed by atoms with Gasteiger partial charge in [-0.3, -0.25) is 14.9 Å². The molecule has 2 N–H and O–H groups in total. The van der Waals surface area contributed by atoms with Crippen molar-refractivity contribution in [2.24, 2.45) is 5.10 Å². The molecule has 0 saturated heterocycles. The Morgan fingerprint density at radius 1 is 0.971 bits per heavy atom. The standard InChI is InChI=1S/C24H18ClN5O3S/c25-19-11-9-16(10-12-19)15-33-20-8-4-5-17(13-20)14-26-28-22(32)21(31)27-24-30-29-23(34-24)18-6-2-1-3-7-18/h1-14H,15H2,(H,28,32)(H,27,30,31)/b26-14-. The maximum atomic E-state index is 12.1. The van der Waals surface area contributed by atoms with Crippen LogP contribution in [0.3, 0.4) is 0 Å². The third-order valence-electron chi connectivity index (χ3n) is 4.43. The summed E-state index contributed by atoms with van der Waals surface area (Å²) in [4.78, 5) is 24.2. The van der Waals surface area contributed by atoms with Gasteiger partial charge in [0.15, 0.2) is 0 Å². The zero-order chi connectivity index (χ0) is 23.8. The molecule has 0 aliphatic rings. The Bertz CT molecular complexity index is 1310. The topological polar surface area (TPSA) is 106 Å². The first-order chi connectivity index (χ1) is 16.6. The number of carbonyl (C=O) groups is 2. The van der Waals surface area contributed by atoms with Crippen LogP contribution in [0.2, 0.25) is 5.02 Å². The van der Waals surface area contributed by atoms with E-state index in [2.05, 4.69) is 26.0 Å². The van der Waals surface area contributed by atoms with Crippen LogP contribution in [0.15, 0.2) is 84.0 Å². The summed E-state index contributed by atoms with van der Waals surface area (Å²) >= 11 is 7.05. The molecule has 0 bridgehead atoms. The first-order valence-corrected chi connectivity index (χ1v) is 11.3. The molecule has 1 aromatic heterocycles. The number of nitrogens with zero attached hydrogens (tertiary/aromatic N) is 3. The molecule has 170 valence electrons. The number of benzene rings is 3. The Balaban J connectivity index is 1.28. The minimum absolute atomic E-state index is 0.216. The van der Waals surface area contributed by atoms with Gasteiger partial charge in [-0.2, -0.15) is 5.10 Å². The van der Waals surface area contributed by atoms with Gasteiger partial charge in [0.1, 0.15) is 17.4 Å². The molecule has 1 heterocycles. The number of aromatic nitrogens is 2. The highest BCUT2D eigenvalue weighted by Crippen LogP contribution is 2.25. The van der Waals surface area contributed by atoms with Crippen LogP contribution < -0.4 is 15.5 Å². The highest BCUT2D eigenvalue weighted by atomic mass is 35.5. The average Bonchev–Trinajstić information content (AvgIpc) is 3.33. The summed E-state index contributed by atoms with van der Waals surface area (Å²) in [5, 5.41) is 15.7. The average molecular weight is 492 g/mol. The van der Waals surface area contributed by atoms with Crippen LogP contribution in [-0.2, 0) is 16.2 Å². The molecule has 2 amide bonds. The Morgan fingerprint density at radius 2 is 1.76 bits per heavy atom. The second-order valence-corrected chi connectivity index (χ2v) is 8.33.